The minimum atomic E-state index is -0.572. The van der Waals surface area contributed by atoms with Crippen molar-refractivity contribution in [2.45, 2.75) is 39.3 Å². The Morgan fingerprint density at radius 3 is 2.94 bits per heavy atom. The molecule has 0 bridgehead atoms. The van der Waals surface area contributed by atoms with Gasteiger partial charge >= 0.3 is 5.97 Å². The van der Waals surface area contributed by atoms with Gasteiger partial charge in [0.1, 0.15) is 11.5 Å². The number of hydrogen-bond acceptors (Lipinski definition) is 4. The summed E-state index contributed by atoms with van der Waals surface area (Å²) in [6, 6.07) is 10.5. The zero-order valence-corrected chi connectivity index (χ0v) is 17.9. The van der Waals surface area contributed by atoms with Crippen LogP contribution in [0.15, 0.2) is 42.6 Å². The molecule has 32 heavy (non-hydrogen) atoms. The Kier molecular flexibility index (Phi) is 6.50. The minimum Gasteiger partial charge on any atom is -0.456 e. The molecule has 2 aromatic heterocycles. The first kappa shape index (κ1) is 21.6. The van der Waals surface area contributed by atoms with Crippen molar-refractivity contribution in [2.75, 3.05) is 13.2 Å². The molecule has 1 aliphatic heterocycles. The summed E-state index contributed by atoms with van der Waals surface area (Å²) < 4.78 is 20.6. The average molecular weight is 433 g/mol. The van der Waals surface area contributed by atoms with Gasteiger partial charge < -0.3 is 14.2 Å². The Morgan fingerprint density at radius 1 is 1.25 bits per heavy atom. The van der Waals surface area contributed by atoms with E-state index in [0.717, 1.165) is 28.7 Å². The molecule has 0 spiro atoms. The van der Waals surface area contributed by atoms with Crippen LogP contribution in [0.5, 0.6) is 0 Å². The fourth-order valence-electron chi connectivity index (χ4n) is 4.09. The van der Waals surface area contributed by atoms with Gasteiger partial charge in [-0.2, -0.15) is 0 Å². The molecule has 4 rings (SSSR count). The number of aromatic nitrogens is 2. The lowest BCUT2D eigenvalue weighted by atomic mass is 10.0. The van der Waals surface area contributed by atoms with E-state index in [1.54, 1.807) is 19.2 Å². The second-order valence-electron chi connectivity index (χ2n) is 7.60. The zero-order chi connectivity index (χ0) is 22.5. The summed E-state index contributed by atoms with van der Waals surface area (Å²) in [5.74, 6) is 4.24. The summed E-state index contributed by atoms with van der Waals surface area (Å²) in [4.78, 5) is 30.5. The monoisotopic (exact) mass is 433 g/mol. The number of halogens is 1. The van der Waals surface area contributed by atoms with Crippen LogP contribution < -0.4 is 0 Å². The van der Waals surface area contributed by atoms with E-state index in [4.69, 9.17) is 4.74 Å². The van der Waals surface area contributed by atoms with Crippen molar-refractivity contribution in [2.24, 2.45) is 0 Å². The Bertz CT molecular complexity index is 1220. The lowest BCUT2D eigenvalue weighted by Gasteiger charge is -2.28. The van der Waals surface area contributed by atoms with Crippen LogP contribution in [0.3, 0.4) is 0 Å². The van der Waals surface area contributed by atoms with Gasteiger partial charge in [-0.15, -0.1) is 0 Å². The number of fused-ring (bicyclic) bond motifs is 3. The number of rotatable bonds is 5. The number of carbonyl (C=O) groups is 2. The average Bonchev–Trinajstić information content (AvgIpc) is 3.10. The number of amides is 1. The highest BCUT2D eigenvalue weighted by Gasteiger charge is 2.26. The predicted molar refractivity (Wildman–Crippen MR) is 118 cm³/mol. The molecule has 3 heterocycles. The largest absolute Gasteiger partial charge is 0.456 e. The Morgan fingerprint density at radius 2 is 2.12 bits per heavy atom. The van der Waals surface area contributed by atoms with Crippen molar-refractivity contribution >= 4 is 22.9 Å². The first-order valence-electron chi connectivity index (χ1n) is 10.7. The van der Waals surface area contributed by atoms with Crippen LogP contribution in [0.4, 0.5) is 4.39 Å². The number of esters is 1. The van der Waals surface area contributed by atoms with Gasteiger partial charge in [0, 0.05) is 49.1 Å². The molecule has 164 valence electrons. The smallest absolute Gasteiger partial charge is 0.384 e. The van der Waals surface area contributed by atoms with Crippen LogP contribution in [0.25, 0.3) is 11.0 Å². The van der Waals surface area contributed by atoms with Crippen molar-refractivity contribution in [3.63, 3.8) is 0 Å². The maximum atomic E-state index is 13.7. The summed E-state index contributed by atoms with van der Waals surface area (Å²) in [5.41, 5.74) is 3.90. The molecular weight excluding hydrogens is 409 g/mol. The van der Waals surface area contributed by atoms with E-state index >= 15 is 0 Å². The van der Waals surface area contributed by atoms with Gasteiger partial charge in [0.25, 0.3) is 0 Å². The summed E-state index contributed by atoms with van der Waals surface area (Å²) in [5, 5.41) is 1.08. The number of ether oxygens (including phenoxy) is 1. The van der Waals surface area contributed by atoms with Crippen LogP contribution in [-0.4, -0.2) is 39.5 Å². The first-order valence-corrected chi connectivity index (χ1v) is 10.7. The van der Waals surface area contributed by atoms with Crippen molar-refractivity contribution < 1.29 is 18.7 Å². The van der Waals surface area contributed by atoms with Crippen molar-refractivity contribution in [3.05, 3.63) is 65.2 Å². The lowest BCUT2D eigenvalue weighted by molar-refractivity contribution is -0.136. The summed E-state index contributed by atoms with van der Waals surface area (Å²) >= 11 is 0. The lowest BCUT2D eigenvalue weighted by Crippen LogP contribution is -2.36. The summed E-state index contributed by atoms with van der Waals surface area (Å²) in [6.07, 6.45) is 3.02. The highest BCUT2D eigenvalue weighted by atomic mass is 19.1. The van der Waals surface area contributed by atoms with E-state index in [1.807, 2.05) is 23.1 Å². The van der Waals surface area contributed by atoms with E-state index in [-0.39, 0.29) is 24.8 Å². The quantitative estimate of drug-likeness (QED) is 0.351. The summed E-state index contributed by atoms with van der Waals surface area (Å²) in [7, 11) is 0. The van der Waals surface area contributed by atoms with Gasteiger partial charge in [-0.3, -0.25) is 4.79 Å². The molecule has 0 saturated carbocycles. The number of pyridine rings is 1. The third kappa shape index (κ3) is 4.65. The van der Waals surface area contributed by atoms with Crippen molar-refractivity contribution in [1.82, 2.24) is 14.5 Å². The molecule has 0 unspecified atom stereocenters. The molecule has 0 saturated heterocycles. The van der Waals surface area contributed by atoms with E-state index in [1.165, 1.54) is 17.7 Å². The molecule has 0 fully saturated rings. The van der Waals surface area contributed by atoms with E-state index in [2.05, 4.69) is 21.4 Å². The van der Waals surface area contributed by atoms with Gasteiger partial charge in [-0.1, -0.05) is 18.1 Å². The van der Waals surface area contributed by atoms with Gasteiger partial charge in [-0.25, -0.2) is 14.2 Å². The first-order chi connectivity index (χ1) is 15.6. The molecule has 1 aliphatic rings. The van der Waals surface area contributed by atoms with Crippen molar-refractivity contribution in [1.29, 1.82) is 0 Å². The normalized spacial score (nSPS) is 12.8. The van der Waals surface area contributed by atoms with Gasteiger partial charge in [0.05, 0.1) is 13.2 Å². The molecule has 7 heteroatoms. The third-order valence-corrected chi connectivity index (χ3v) is 5.53. The van der Waals surface area contributed by atoms with E-state index in [0.29, 0.717) is 26.1 Å². The maximum Gasteiger partial charge on any atom is 0.384 e. The highest BCUT2D eigenvalue weighted by molar-refractivity contribution is 5.88. The maximum absolute atomic E-state index is 13.7. The Balaban J connectivity index is 1.54. The fourth-order valence-corrected chi connectivity index (χ4v) is 4.09. The molecule has 1 amide bonds. The molecule has 3 aromatic rings. The van der Waals surface area contributed by atoms with Crippen LogP contribution in [0.1, 0.15) is 36.6 Å². The number of hydrogen-bond donors (Lipinski definition) is 0. The zero-order valence-electron chi connectivity index (χ0n) is 17.9. The van der Waals surface area contributed by atoms with Gasteiger partial charge in [0.2, 0.25) is 5.91 Å². The molecule has 0 aliphatic carbocycles. The van der Waals surface area contributed by atoms with Gasteiger partial charge in [0.15, 0.2) is 0 Å². The topological polar surface area (TPSA) is 64.4 Å². The molecule has 1 aromatic carbocycles. The SMILES string of the molecule is CCOC(=O)C#CCCC(=O)N1CCc2c(n(Cc3cccc(F)c3)c3ncccc23)C1. The molecular formula is C25H24FN3O3. The number of nitrogens with zero attached hydrogens (tertiary/aromatic N) is 3. The van der Waals surface area contributed by atoms with Crippen LogP contribution >= 0.6 is 0 Å². The molecule has 0 N–H and O–H groups in total. The van der Waals surface area contributed by atoms with Crippen LogP contribution in [0, 0.1) is 17.7 Å². The number of carbonyl (C=O) groups excluding carboxylic acids is 2. The fraction of sp³-hybridized carbons (Fsp3) is 0.320. The standard InChI is InChI=1S/C25H24FN3O3/c1-2-32-24(31)11-4-3-10-23(30)28-14-12-20-21-9-6-13-27-25(21)29(22(20)17-28)16-18-7-5-8-19(26)15-18/h5-9,13,15H,2-3,10,12,14,16-17H2,1H3. The van der Waals surface area contributed by atoms with Crippen molar-refractivity contribution in [3.8, 4) is 11.8 Å². The van der Waals surface area contributed by atoms with E-state index < -0.39 is 5.97 Å². The minimum absolute atomic E-state index is 0.00988. The predicted octanol–water partition coefficient (Wildman–Crippen LogP) is 3.46. The molecule has 0 radical (unpaired) electrons. The second-order valence-corrected chi connectivity index (χ2v) is 7.60. The van der Waals surface area contributed by atoms with Crippen LogP contribution in [0.2, 0.25) is 0 Å². The third-order valence-electron chi connectivity index (χ3n) is 5.53. The summed E-state index contributed by atoms with van der Waals surface area (Å²) in [6.45, 7) is 3.56. The molecule has 6 nitrogen and oxygen atoms in total. The van der Waals surface area contributed by atoms with Crippen LogP contribution in [-0.2, 0) is 33.8 Å². The second kappa shape index (κ2) is 9.65. The van der Waals surface area contributed by atoms with E-state index in [9.17, 15) is 14.0 Å². The molecule has 0 atom stereocenters. The van der Waals surface area contributed by atoms with Gasteiger partial charge in [-0.05, 0) is 48.7 Å². The number of benzene rings is 1. The Hall–Kier alpha value is -3.66. The Labute approximate surface area is 186 Å². The highest BCUT2D eigenvalue weighted by Crippen LogP contribution is 2.30.